The maximum absolute atomic E-state index is 13.3. The van der Waals surface area contributed by atoms with Crippen LogP contribution in [0.4, 0.5) is 10.1 Å². The molecule has 0 aromatic heterocycles. The van der Waals surface area contributed by atoms with E-state index in [1.165, 1.54) is 40.9 Å². The van der Waals surface area contributed by atoms with Gasteiger partial charge >= 0.3 is 0 Å². The van der Waals surface area contributed by atoms with E-state index >= 15 is 0 Å². The number of hydrogen-bond donors (Lipinski definition) is 1. The number of carbonyl (C=O) groups is 2. The van der Waals surface area contributed by atoms with Crippen LogP contribution in [0, 0.1) is 5.82 Å². The predicted molar refractivity (Wildman–Crippen MR) is 107 cm³/mol. The van der Waals surface area contributed by atoms with Crippen molar-refractivity contribution in [2.75, 3.05) is 11.9 Å². The highest BCUT2D eigenvalue weighted by Crippen LogP contribution is 2.31. The first-order valence-electron chi connectivity index (χ1n) is 8.33. The van der Waals surface area contributed by atoms with Gasteiger partial charge in [0, 0.05) is 7.05 Å². The summed E-state index contributed by atoms with van der Waals surface area (Å²) in [5, 5.41) is 2.52. The van der Waals surface area contributed by atoms with Crippen LogP contribution in [0.3, 0.4) is 0 Å². The van der Waals surface area contributed by atoms with Crippen molar-refractivity contribution < 1.29 is 14.0 Å². The molecule has 1 aliphatic heterocycles. The van der Waals surface area contributed by atoms with Crippen molar-refractivity contribution in [3.05, 3.63) is 71.7 Å². The second-order valence-corrected chi connectivity index (χ2v) is 7.13. The zero-order valence-corrected chi connectivity index (χ0v) is 15.7. The molecule has 0 bridgehead atoms. The lowest BCUT2D eigenvalue weighted by molar-refractivity contribution is -0.119. The second kappa shape index (κ2) is 8.18. The predicted octanol–water partition coefficient (Wildman–Crippen LogP) is 3.44. The van der Waals surface area contributed by atoms with Gasteiger partial charge in [0.25, 0.3) is 5.91 Å². The van der Waals surface area contributed by atoms with Gasteiger partial charge in [0.1, 0.15) is 11.5 Å². The fourth-order valence-electron chi connectivity index (χ4n) is 2.52. The Bertz CT molecular complexity index is 911. The van der Waals surface area contributed by atoms with E-state index in [9.17, 15) is 14.0 Å². The van der Waals surface area contributed by atoms with E-state index in [0.29, 0.717) is 10.9 Å². The van der Waals surface area contributed by atoms with Crippen LogP contribution < -0.4 is 10.2 Å². The largest absolute Gasteiger partial charge is 0.358 e. The lowest BCUT2D eigenvalue weighted by Gasteiger charge is -2.19. The van der Waals surface area contributed by atoms with Crippen LogP contribution >= 0.6 is 11.8 Å². The Morgan fingerprint density at radius 3 is 2.48 bits per heavy atom. The molecule has 7 heteroatoms. The molecule has 0 saturated heterocycles. The van der Waals surface area contributed by atoms with Crippen LogP contribution in [0.2, 0.25) is 0 Å². The summed E-state index contributed by atoms with van der Waals surface area (Å²) >= 11 is 1.17. The quantitative estimate of drug-likeness (QED) is 0.823. The fraction of sp³-hybridized carbons (Fsp3) is 0.150. The molecule has 2 aromatic carbocycles. The van der Waals surface area contributed by atoms with Gasteiger partial charge in [0.05, 0.1) is 10.9 Å². The first-order chi connectivity index (χ1) is 13.0. The lowest BCUT2D eigenvalue weighted by Crippen LogP contribution is -2.34. The van der Waals surface area contributed by atoms with E-state index < -0.39 is 11.1 Å². The minimum absolute atomic E-state index is 0.172. The zero-order chi connectivity index (χ0) is 19.4. The molecule has 0 aliphatic carbocycles. The van der Waals surface area contributed by atoms with Crippen molar-refractivity contribution in [1.82, 2.24) is 5.32 Å². The van der Waals surface area contributed by atoms with Crippen LogP contribution in [0.25, 0.3) is 6.08 Å². The number of rotatable bonds is 4. The van der Waals surface area contributed by atoms with E-state index in [1.54, 1.807) is 20.0 Å². The number of halogens is 1. The zero-order valence-electron chi connectivity index (χ0n) is 14.8. The number of benzene rings is 2. The molecule has 27 heavy (non-hydrogen) atoms. The minimum atomic E-state index is -0.444. The number of anilines is 1. The van der Waals surface area contributed by atoms with Crippen LogP contribution in [-0.4, -0.2) is 29.3 Å². The Hall–Kier alpha value is -2.93. The van der Waals surface area contributed by atoms with Crippen molar-refractivity contribution in [3.63, 3.8) is 0 Å². The van der Waals surface area contributed by atoms with Crippen LogP contribution in [0.1, 0.15) is 12.5 Å². The van der Waals surface area contributed by atoms with Gasteiger partial charge in [-0.05, 0) is 42.8 Å². The van der Waals surface area contributed by atoms with Gasteiger partial charge in [-0.1, -0.05) is 42.1 Å². The Balaban J connectivity index is 1.98. The highest BCUT2D eigenvalue weighted by Gasteiger charge is 2.34. The molecule has 0 spiro atoms. The fourth-order valence-corrected chi connectivity index (χ4v) is 3.50. The topological polar surface area (TPSA) is 61.8 Å². The second-order valence-electron chi connectivity index (χ2n) is 5.83. The number of nitrogens with one attached hydrogen (secondary N) is 1. The van der Waals surface area contributed by atoms with Gasteiger partial charge in [0.2, 0.25) is 5.91 Å². The first kappa shape index (κ1) is 18.8. The Kier molecular flexibility index (Phi) is 5.71. The van der Waals surface area contributed by atoms with Gasteiger partial charge in [-0.25, -0.2) is 9.38 Å². The van der Waals surface area contributed by atoms with Crippen molar-refractivity contribution >= 4 is 40.5 Å². The Morgan fingerprint density at radius 2 is 1.85 bits per heavy atom. The van der Waals surface area contributed by atoms with Gasteiger partial charge in [-0.15, -0.1) is 0 Å². The minimum Gasteiger partial charge on any atom is -0.358 e. The molecular formula is C20H18FN3O2S. The molecule has 0 unspecified atom stereocenters. The number of amidine groups is 1. The molecule has 1 N–H and O–H groups in total. The molecule has 0 fully saturated rings. The average molecular weight is 383 g/mol. The molecule has 5 nitrogen and oxygen atoms in total. The number of thioether (sulfide) groups is 1. The highest BCUT2D eigenvalue weighted by molar-refractivity contribution is 8.15. The molecule has 0 saturated carbocycles. The number of amides is 2. The summed E-state index contributed by atoms with van der Waals surface area (Å²) in [5.74, 6) is -0.887. The molecular weight excluding hydrogens is 365 g/mol. The van der Waals surface area contributed by atoms with E-state index in [2.05, 4.69) is 10.3 Å². The monoisotopic (exact) mass is 383 g/mol. The van der Waals surface area contributed by atoms with Gasteiger partial charge in [-0.3, -0.25) is 14.5 Å². The lowest BCUT2D eigenvalue weighted by atomic mass is 10.2. The summed E-state index contributed by atoms with van der Waals surface area (Å²) in [7, 11) is 1.56. The van der Waals surface area contributed by atoms with E-state index in [-0.39, 0.29) is 17.5 Å². The number of carbonyl (C=O) groups excluding carboxylic acids is 2. The Morgan fingerprint density at radius 1 is 1.19 bits per heavy atom. The van der Waals surface area contributed by atoms with E-state index in [0.717, 1.165) is 5.56 Å². The maximum Gasteiger partial charge on any atom is 0.283 e. The normalized spacial score (nSPS) is 16.4. The van der Waals surface area contributed by atoms with Gasteiger partial charge in [-0.2, -0.15) is 0 Å². The number of nitrogens with zero attached hydrogens (tertiary/aromatic N) is 2. The molecule has 1 atom stereocenters. The SMILES string of the molecule is CNC(=O)[C@H](C)SC1=N/C(=C/c2ccccc2)C(=O)N1c1ccc(F)cc1. The summed E-state index contributed by atoms with van der Waals surface area (Å²) in [4.78, 5) is 30.7. The molecule has 1 aliphatic rings. The third-order valence-corrected chi connectivity index (χ3v) is 4.97. The third kappa shape index (κ3) is 4.25. The summed E-state index contributed by atoms with van der Waals surface area (Å²) in [6, 6.07) is 15.0. The molecule has 0 radical (unpaired) electrons. The van der Waals surface area contributed by atoms with E-state index in [1.807, 2.05) is 30.3 Å². The van der Waals surface area contributed by atoms with E-state index in [4.69, 9.17) is 0 Å². The van der Waals surface area contributed by atoms with Gasteiger partial charge in [0.15, 0.2) is 5.17 Å². The summed E-state index contributed by atoms with van der Waals surface area (Å²) in [6.07, 6.45) is 1.69. The average Bonchev–Trinajstić information content (AvgIpc) is 2.97. The first-order valence-corrected chi connectivity index (χ1v) is 9.21. The Labute approximate surface area is 161 Å². The van der Waals surface area contributed by atoms with Gasteiger partial charge < -0.3 is 5.32 Å². The number of hydrogen-bond acceptors (Lipinski definition) is 4. The maximum atomic E-state index is 13.3. The standard InChI is InChI=1S/C20H18FN3O2S/c1-13(18(25)22-2)27-20-23-17(12-14-6-4-3-5-7-14)19(26)24(20)16-10-8-15(21)9-11-16/h3-13H,1-2H3,(H,22,25)/b17-12+/t13-/m0/s1. The van der Waals surface area contributed by atoms with Crippen LogP contribution in [0.5, 0.6) is 0 Å². The van der Waals surface area contributed by atoms with Crippen molar-refractivity contribution in [2.24, 2.45) is 4.99 Å². The smallest absolute Gasteiger partial charge is 0.283 e. The summed E-state index contributed by atoms with van der Waals surface area (Å²) in [6.45, 7) is 1.73. The third-order valence-electron chi connectivity index (χ3n) is 3.92. The highest BCUT2D eigenvalue weighted by atomic mass is 32.2. The van der Waals surface area contributed by atoms with Crippen molar-refractivity contribution in [2.45, 2.75) is 12.2 Å². The molecule has 2 aromatic rings. The molecule has 138 valence electrons. The van der Waals surface area contributed by atoms with Crippen LogP contribution in [0.15, 0.2) is 65.3 Å². The van der Waals surface area contributed by atoms with Crippen molar-refractivity contribution in [1.29, 1.82) is 0 Å². The molecule has 3 rings (SSSR count). The van der Waals surface area contributed by atoms with Crippen molar-refractivity contribution in [3.8, 4) is 0 Å². The summed E-state index contributed by atoms with van der Waals surface area (Å²) in [5.41, 5.74) is 1.60. The number of aliphatic imine (C=N–C) groups is 1. The molecule has 1 heterocycles. The molecule has 2 amide bonds. The summed E-state index contributed by atoms with van der Waals surface area (Å²) < 4.78 is 13.3. The van der Waals surface area contributed by atoms with Crippen LogP contribution in [-0.2, 0) is 9.59 Å².